The van der Waals surface area contributed by atoms with Gasteiger partial charge in [-0.2, -0.15) is 0 Å². The van der Waals surface area contributed by atoms with E-state index in [0.29, 0.717) is 12.1 Å². The monoisotopic (exact) mass is 352 g/mol. The average Bonchev–Trinajstić information content (AvgIpc) is 2.64. The predicted octanol–water partition coefficient (Wildman–Crippen LogP) is 1.40. The van der Waals surface area contributed by atoms with Crippen LogP contribution < -0.4 is 5.32 Å². The predicted molar refractivity (Wildman–Crippen MR) is 68.7 cm³/mol. The molecule has 1 aromatic rings. The highest BCUT2D eigenvalue weighted by Crippen LogP contribution is 2.19. The fourth-order valence-corrected chi connectivity index (χ4v) is 2.52. The van der Waals surface area contributed by atoms with Gasteiger partial charge in [0.25, 0.3) is 0 Å². The van der Waals surface area contributed by atoms with Crippen molar-refractivity contribution in [1.29, 1.82) is 0 Å². The summed E-state index contributed by atoms with van der Waals surface area (Å²) in [5.41, 5.74) is 0.663. The minimum absolute atomic E-state index is 0.0346. The van der Waals surface area contributed by atoms with E-state index in [1.54, 1.807) is 0 Å². The number of carbonyl (C=O) groups is 2. The zero-order valence-corrected chi connectivity index (χ0v) is 11.3. The van der Waals surface area contributed by atoms with E-state index in [1.165, 1.54) is 0 Å². The van der Waals surface area contributed by atoms with Crippen molar-refractivity contribution < 1.29 is 9.59 Å². The van der Waals surface area contributed by atoms with Crippen LogP contribution in [0, 0.1) is 3.57 Å². The maximum Gasteiger partial charge on any atom is 0.235 e. The summed E-state index contributed by atoms with van der Waals surface area (Å²) in [4.78, 5) is 23.1. The normalized spacial score (nSPS) is 19.4. The van der Waals surface area contributed by atoms with Gasteiger partial charge in [-0.05, 0) is 35.1 Å². The molecule has 1 aliphatic heterocycles. The van der Waals surface area contributed by atoms with Crippen LogP contribution in [0.4, 0.5) is 0 Å². The first-order valence-electron chi connectivity index (χ1n) is 4.87. The molecule has 0 fully saturated rings. The number of nitrogens with one attached hydrogen (secondary N) is 1. The highest BCUT2D eigenvalue weighted by Gasteiger charge is 2.28. The van der Waals surface area contributed by atoms with Crippen LogP contribution in [-0.4, -0.2) is 28.2 Å². The molecule has 1 amide bonds. The molecule has 1 aromatic heterocycles. The molecule has 16 heavy (non-hydrogen) atoms. The van der Waals surface area contributed by atoms with Gasteiger partial charge in [0.15, 0.2) is 0 Å². The lowest BCUT2D eigenvalue weighted by Crippen LogP contribution is -2.45. The molecule has 4 nitrogen and oxygen atoms in total. The largest absolute Gasteiger partial charge is 0.345 e. The summed E-state index contributed by atoms with van der Waals surface area (Å²) in [6, 6.07) is 1.41. The van der Waals surface area contributed by atoms with E-state index in [9.17, 15) is 9.59 Å². The van der Waals surface area contributed by atoms with Crippen LogP contribution in [0.2, 0.25) is 0 Å². The number of halogens is 2. The van der Waals surface area contributed by atoms with Crippen LogP contribution in [0.1, 0.15) is 16.9 Å². The molecule has 0 aliphatic carbocycles. The molecule has 1 N–H and O–H groups in total. The Balaban J connectivity index is 2.17. The molecule has 6 heteroatoms. The van der Waals surface area contributed by atoms with Crippen molar-refractivity contribution in [3.63, 3.8) is 0 Å². The van der Waals surface area contributed by atoms with Crippen LogP contribution in [0.5, 0.6) is 0 Å². The van der Waals surface area contributed by atoms with Gasteiger partial charge in [0.1, 0.15) is 5.88 Å². The summed E-state index contributed by atoms with van der Waals surface area (Å²) in [6.45, 7) is 0.747. The third-order valence-electron chi connectivity index (χ3n) is 2.55. The minimum Gasteiger partial charge on any atom is -0.345 e. The fourth-order valence-electron chi connectivity index (χ4n) is 1.82. The Morgan fingerprint density at radius 1 is 1.69 bits per heavy atom. The van der Waals surface area contributed by atoms with E-state index in [-0.39, 0.29) is 17.6 Å². The van der Waals surface area contributed by atoms with Crippen molar-refractivity contribution in [2.45, 2.75) is 19.0 Å². The second-order valence-corrected chi connectivity index (χ2v) is 5.16. The highest BCUT2D eigenvalue weighted by atomic mass is 127. The van der Waals surface area contributed by atoms with Gasteiger partial charge >= 0.3 is 0 Å². The van der Waals surface area contributed by atoms with Crippen molar-refractivity contribution in [2.24, 2.45) is 0 Å². The van der Waals surface area contributed by atoms with Crippen LogP contribution in [-0.2, 0) is 11.3 Å². The molecule has 0 radical (unpaired) electrons. The molecule has 2 heterocycles. The molecule has 1 atom stereocenters. The summed E-state index contributed by atoms with van der Waals surface area (Å²) in [5.74, 6) is -0.440. The zero-order chi connectivity index (χ0) is 11.7. The van der Waals surface area contributed by atoms with E-state index in [4.69, 9.17) is 11.6 Å². The lowest BCUT2D eigenvalue weighted by Gasteiger charge is -2.23. The third-order valence-corrected chi connectivity index (χ3v) is 3.38. The van der Waals surface area contributed by atoms with Gasteiger partial charge in [-0.25, -0.2) is 0 Å². The highest BCUT2D eigenvalue weighted by molar-refractivity contribution is 14.1. The van der Waals surface area contributed by atoms with Crippen LogP contribution in [0.25, 0.3) is 0 Å². The topological polar surface area (TPSA) is 51.1 Å². The summed E-state index contributed by atoms with van der Waals surface area (Å²) < 4.78 is 2.96. The van der Waals surface area contributed by atoms with E-state index >= 15 is 0 Å². The van der Waals surface area contributed by atoms with Crippen molar-refractivity contribution in [3.05, 3.63) is 21.5 Å². The molecule has 2 rings (SSSR count). The molecule has 0 saturated carbocycles. The molecular weight excluding hydrogens is 342 g/mol. The Labute approximate surface area is 111 Å². The molecule has 86 valence electrons. The number of rotatable bonds is 2. The van der Waals surface area contributed by atoms with Crippen molar-refractivity contribution in [3.8, 4) is 0 Å². The van der Waals surface area contributed by atoms with Gasteiger partial charge < -0.3 is 9.88 Å². The lowest BCUT2D eigenvalue weighted by molar-refractivity contribution is -0.119. The molecular formula is C10H10ClIN2O2. The van der Waals surface area contributed by atoms with Crippen molar-refractivity contribution in [1.82, 2.24) is 9.88 Å². The Morgan fingerprint density at radius 3 is 3.12 bits per heavy atom. The zero-order valence-electron chi connectivity index (χ0n) is 8.37. The number of aryl methyl sites for hydroxylation is 1. The van der Waals surface area contributed by atoms with Gasteiger partial charge in [0.05, 0.1) is 11.7 Å². The number of ketones is 1. The third kappa shape index (κ3) is 2.24. The van der Waals surface area contributed by atoms with Gasteiger partial charge in [-0.1, -0.05) is 0 Å². The Hall–Kier alpha value is -0.560. The SMILES string of the molecule is O=C(CCl)NC1CCn2cc(I)cc2C1=O. The fraction of sp³-hybridized carbons (Fsp3) is 0.400. The number of hydrogen-bond donors (Lipinski definition) is 1. The number of alkyl halides is 1. The molecule has 1 aliphatic rings. The standard InChI is InChI=1S/C10H10ClIN2O2/c11-4-9(15)13-7-1-2-14-5-6(12)3-8(14)10(7)16/h3,5,7H,1-2,4H2,(H,13,15). The number of Topliss-reactive ketones (excluding diaryl/α,β-unsaturated/α-hetero) is 1. The first-order valence-corrected chi connectivity index (χ1v) is 6.48. The summed E-state index contributed by atoms with van der Waals surface area (Å²) in [5, 5.41) is 2.63. The summed E-state index contributed by atoms with van der Waals surface area (Å²) >= 11 is 7.56. The number of hydrogen-bond acceptors (Lipinski definition) is 2. The second kappa shape index (κ2) is 4.75. The number of aromatic nitrogens is 1. The van der Waals surface area contributed by atoms with E-state index in [1.807, 2.05) is 16.8 Å². The van der Waals surface area contributed by atoms with Crippen LogP contribution in [0.3, 0.4) is 0 Å². The van der Waals surface area contributed by atoms with Crippen LogP contribution >= 0.6 is 34.2 Å². The quantitative estimate of drug-likeness (QED) is 0.646. The Kier molecular flexibility index (Phi) is 3.53. The van der Waals surface area contributed by atoms with Crippen molar-refractivity contribution >= 4 is 45.9 Å². The number of carbonyl (C=O) groups excluding carboxylic acids is 2. The Bertz CT molecular complexity index is 444. The number of nitrogens with zero attached hydrogens (tertiary/aromatic N) is 1. The number of fused-ring (bicyclic) bond motifs is 1. The first kappa shape index (κ1) is 11.9. The number of amides is 1. The van der Waals surface area contributed by atoms with Gasteiger partial charge in [-0.3, -0.25) is 9.59 Å². The Morgan fingerprint density at radius 2 is 2.44 bits per heavy atom. The lowest BCUT2D eigenvalue weighted by atomic mass is 10.0. The van der Waals surface area contributed by atoms with E-state index in [2.05, 4.69) is 27.9 Å². The van der Waals surface area contributed by atoms with Gasteiger partial charge in [0.2, 0.25) is 11.7 Å². The molecule has 0 saturated heterocycles. The summed E-state index contributed by atoms with van der Waals surface area (Å²) in [7, 11) is 0. The molecule has 1 unspecified atom stereocenters. The molecule has 0 aromatic carbocycles. The van der Waals surface area contributed by atoms with Gasteiger partial charge in [-0.15, -0.1) is 11.6 Å². The van der Waals surface area contributed by atoms with Crippen molar-refractivity contribution in [2.75, 3.05) is 5.88 Å². The smallest absolute Gasteiger partial charge is 0.235 e. The molecule has 0 spiro atoms. The average molecular weight is 353 g/mol. The van der Waals surface area contributed by atoms with Crippen LogP contribution in [0.15, 0.2) is 12.3 Å². The second-order valence-electron chi connectivity index (χ2n) is 3.64. The minimum atomic E-state index is -0.426. The van der Waals surface area contributed by atoms with E-state index < -0.39 is 6.04 Å². The first-order chi connectivity index (χ1) is 7.61. The van der Waals surface area contributed by atoms with E-state index in [0.717, 1.165) is 10.1 Å². The van der Waals surface area contributed by atoms with Gasteiger partial charge in [0, 0.05) is 16.3 Å². The maximum absolute atomic E-state index is 12.0. The summed E-state index contributed by atoms with van der Waals surface area (Å²) in [6.07, 6.45) is 2.56. The maximum atomic E-state index is 12.0. The molecule has 0 bridgehead atoms.